The van der Waals surface area contributed by atoms with Gasteiger partial charge in [0.1, 0.15) is 17.6 Å². The third-order valence-electron chi connectivity index (χ3n) is 2.93. The van der Waals surface area contributed by atoms with Gasteiger partial charge in [0, 0.05) is 13.2 Å². The van der Waals surface area contributed by atoms with Crippen molar-refractivity contribution >= 4 is 24.7 Å². The first-order chi connectivity index (χ1) is 11.5. The number of aromatic nitrogens is 1. The van der Waals surface area contributed by atoms with Crippen LogP contribution in [0.3, 0.4) is 0 Å². The number of primary amides is 1. The predicted molar refractivity (Wildman–Crippen MR) is 93.8 cm³/mol. The highest BCUT2D eigenvalue weighted by atomic mass is 32.1. The van der Waals surface area contributed by atoms with Crippen molar-refractivity contribution in [2.45, 2.75) is 13.0 Å². The summed E-state index contributed by atoms with van der Waals surface area (Å²) in [5, 5.41) is 0. The van der Waals surface area contributed by atoms with Crippen LogP contribution in [0.25, 0.3) is 0 Å². The fourth-order valence-corrected chi connectivity index (χ4v) is 2.09. The highest BCUT2D eigenvalue weighted by Crippen LogP contribution is 2.33. The number of nitrogens with zero attached hydrogens (tertiary/aromatic N) is 2. The van der Waals surface area contributed by atoms with Crippen LogP contribution in [0, 0.1) is 0 Å². The van der Waals surface area contributed by atoms with Crippen molar-refractivity contribution in [2.24, 2.45) is 5.73 Å². The lowest BCUT2D eigenvalue weighted by Gasteiger charge is -2.20. The van der Waals surface area contributed by atoms with E-state index in [9.17, 15) is 4.79 Å². The molecule has 2 rings (SSSR count). The minimum absolute atomic E-state index is 0.175. The molecule has 128 valence electrons. The van der Waals surface area contributed by atoms with E-state index in [1.54, 1.807) is 13.2 Å². The van der Waals surface area contributed by atoms with Crippen LogP contribution in [0.15, 0.2) is 42.6 Å². The standard InChI is InChI=1S/C16H19N3O4S/c1-11(10-21-2)22-14-8-13(23-12-6-4-3-5-7-12)9-18-15(14)19(24)16(17)20/h3-9,11,24H,10H2,1-2H3,(H2,17,20). The first-order valence-electron chi connectivity index (χ1n) is 7.18. The van der Waals surface area contributed by atoms with Gasteiger partial charge >= 0.3 is 6.03 Å². The number of carbonyl (C=O) groups is 1. The first kappa shape index (κ1) is 17.9. The Bertz CT molecular complexity index is 684. The molecule has 0 saturated carbocycles. The molecule has 0 saturated heterocycles. The van der Waals surface area contributed by atoms with E-state index >= 15 is 0 Å². The van der Waals surface area contributed by atoms with Crippen molar-refractivity contribution in [1.29, 1.82) is 0 Å². The number of benzene rings is 1. The fourth-order valence-electron chi connectivity index (χ4n) is 1.94. The van der Waals surface area contributed by atoms with Gasteiger partial charge in [-0.3, -0.25) is 0 Å². The van der Waals surface area contributed by atoms with Gasteiger partial charge in [0.2, 0.25) is 0 Å². The summed E-state index contributed by atoms with van der Waals surface area (Å²) in [5.41, 5.74) is 5.25. The molecule has 8 heteroatoms. The molecule has 1 atom stereocenters. The van der Waals surface area contributed by atoms with Gasteiger partial charge in [-0.1, -0.05) is 31.0 Å². The number of carbonyl (C=O) groups excluding carboxylic acids is 1. The fraction of sp³-hybridized carbons (Fsp3) is 0.250. The summed E-state index contributed by atoms with van der Waals surface area (Å²) in [6.07, 6.45) is 1.19. The lowest BCUT2D eigenvalue weighted by molar-refractivity contribution is 0.0921. The zero-order valence-electron chi connectivity index (χ0n) is 13.4. The zero-order chi connectivity index (χ0) is 17.5. The van der Waals surface area contributed by atoms with Gasteiger partial charge in [-0.2, -0.15) is 0 Å². The van der Waals surface area contributed by atoms with Gasteiger partial charge in [-0.05, 0) is 19.1 Å². The largest absolute Gasteiger partial charge is 0.484 e. The van der Waals surface area contributed by atoms with E-state index in [-0.39, 0.29) is 11.9 Å². The van der Waals surface area contributed by atoms with Gasteiger partial charge in [0.05, 0.1) is 12.8 Å². The van der Waals surface area contributed by atoms with Crippen molar-refractivity contribution in [1.82, 2.24) is 4.98 Å². The molecule has 2 amide bonds. The second-order valence-corrected chi connectivity index (χ2v) is 5.34. The van der Waals surface area contributed by atoms with Crippen LogP contribution in [0.5, 0.6) is 17.2 Å². The third-order valence-corrected chi connectivity index (χ3v) is 3.31. The highest BCUT2D eigenvalue weighted by Gasteiger charge is 2.19. The number of urea groups is 1. The number of pyridine rings is 1. The Balaban J connectivity index is 2.30. The summed E-state index contributed by atoms with van der Waals surface area (Å²) in [7, 11) is 1.57. The van der Waals surface area contributed by atoms with E-state index < -0.39 is 6.03 Å². The number of para-hydroxylation sites is 1. The molecule has 0 aliphatic heterocycles. The molecule has 0 fully saturated rings. The minimum atomic E-state index is -0.771. The minimum Gasteiger partial charge on any atom is -0.484 e. The maximum absolute atomic E-state index is 11.4. The summed E-state index contributed by atoms with van der Waals surface area (Å²) in [4.78, 5) is 15.5. The summed E-state index contributed by atoms with van der Waals surface area (Å²) in [6.45, 7) is 2.19. The molecular weight excluding hydrogens is 330 g/mol. The molecule has 0 aliphatic carbocycles. The van der Waals surface area contributed by atoms with E-state index in [0.29, 0.717) is 23.9 Å². The van der Waals surface area contributed by atoms with Crippen molar-refractivity contribution in [3.8, 4) is 17.2 Å². The van der Waals surface area contributed by atoms with Crippen molar-refractivity contribution in [3.05, 3.63) is 42.6 Å². The number of hydrogen-bond donors (Lipinski definition) is 2. The van der Waals surface area contributed by atoms with Gasteiger partial charge < -0.3 is 19.9 Å². The molecule has 0 spiro atoms. The Hall–Kier alpha value is -2.45. The average Bonchev–Trinajstić information content (AvgIpc) is 2.55. The molecule has 1 heterocycles. The van der Waals surface area contributed by atoms with Gasteiger partial charge in [-0.15, -0.1) is 0 Å². The topological polar surface area (TPSA) is 86.9 Å². The highest BCUT2D eigenvalue weighted by molar-refractivity contribution is 7.82. The number of methoxy groups -OCH3 is 1. The van der Waals surface area contributed by atoms with Crippen LogP contribution in [0.1, 0.15) is 6.92 Å². The van der Waals surface area contributed by atoms with Gasteiger partial charge in [-0.25, -0.2) is 14.1 Å². The van der Waals surface area contributed by atoms with Crippen LogP contribution < -0.4 is 19.5 Å². The Morgan fingerprint density at radius 3 is 2.67 bits per heavy atom. The lowest BCUT2D eigenvalue weighted by Crippen LogP contribution is -2.29. The molecule has 1 unspecified atom stereocenters. The number of ether oxygens (including phenoxy) is 3. The number of anilines is 1. The molecular formula is C16H19N3O4S. The Kier molecular flexibility index (Phi) is 6.28. The van der Waals surface area contributed by atoms with Crippen LogP contribution >= 0.6 is 12.8 Å². The molecule has 0 radical (unpaired) electrons. The monoisotopic (exact) mass is 349 g/mol. The maximum Gasteiger partial charge on any atom is 0.330 e. The normalized spacial score (nSPS) is 11.6. The summed E-state index contributed by atoms with van der Waals surface area (Å²) < 4.78 is 17.4. The third kappa shape index (κ3) is 4.77. The SMILES string of the molecule is COCC(C)Oc1cc(Oc2ccccc2)cnc1N(S)C(N)=O. The number of nitrogens with two attached hydrogens (primary N) is 1. The number of rotatable bonds is 7. The van der Waals surface area contributed by atoms with E-state index in [4.69, 9.17) is 19.9 Å². The Morgan fingerprint density at radius 1 is 1.33 bits per heavy atom. The van der Waals surface area contributed by atoms with Crippen LogP contribution in [-0.2, 0) is 4.74 Å². The quantitative estimate of drug-likeness (QED) is 0.750. The van der Waals surface area contributed by atoms with E-state index in [1.165, 1.54) is 6.20 Å². The molecule has 0 aliphatic rings. The smallest absolute Gasteiger partial charge is 0.330 e. The molecule has 1 aromatic carbocycles. The molecule has 2 N–H and O–H groups in total. The molecule has 0 bridgehead atoms. The van der Waals surface area contributed by atoms with Gasteiger partial charge in [0.15, 0.2) is 11.6 Å². The molecule has 2 aromatic rings. The maximum atomic E-state index is 11.4. The Morgan fingerprint density at radius 2 is 2.04 bits per heavy atom. The van der Waals surface area contributed by atoms with Crippen molar-refractivity contribution in [3.63, 3.8) is 0 Å². The van der Waals surface area contributed by atoms with Crippen LogP contribution in [0.4, 0.5) is 10.6 Å². The van der Waals surface area contributed by atoms with E-state index in [2.05, 4.69) is 17.8 Å². The first-order valence-corrected chi connectivity index (χ1v) is 7.58. The lowest BCUT2D eigenvalue weighted by atomic mass is 10.3. The second kappa shape index (κ2) is 8.42. The Labute approximate surface area is 145 Å². The van der Waals surface area contributed by atoms with E-state index in [0.717, 1.165) is 4.31 Å². The molecule has 24 heavy (non-hydrogen) atoms. The molecule has 1 aromatic heterocycles. The number of thiol groups is 1. The van der Waals surface area contributed by atoms with E-state index in [1.807, 2.05) is 37.3 Å². The average molecular weight is 349 g/mol. The summed E-state index contributed by atoms with van der Waals surface area (Å²) in [6, 6.07) is 10.1. The van der Waals surface area contributed by atoms with Crippen LogP contribution in [-0.4, -0.2) is 30.8 Å². The zero-order valence-corrected chi connectivity index (χ0v) is 14.3. The summed E-state index contributed by atoms with van der Waals surface area (Å²) in [5.74, 6) is 1.59. The summed E-state index contributed by atoms with van der Waals surface area (Å²) >= 11 is 4.04. The van der Waals surface area contributed by atoms with Crippen LogP contribution in [0.2, 0.25) is 0 Å². The number of hydrogen-bond acceptors (Lipinski definition) is 6. The predicted octanol–water partition coefficient (Wildman–Crippen LogP) is 3.02. The van der Waals surface area contributed by atoms with Crippen molar-refractivity contribution < 1.29 is 19.0 Å². The van der Waals surface area contributed by atoms with Gasteiger partial charge in [0.25, 0.3) is 0 Å². The molecule has 7 nitrogen and oxygen atoms in total. The number of amides is 2. The van der Waals surface area contributed by atoms with Crippen molar-refractivity contribution in [2.75, 3.05) is 18.0 Å². The second-order valence-electron chi connectivity index (χ2n) is 4.94.